The van der Waals surface area contributed by atoms with Crippen LogP contribution >= 0.6 is 19.5 Å². The van der Waals surface area contributed by atoms with Crippen LogP contribution in [0.25, 0.3) is 11.3 Å². The number of nitrogens with zero attached hydrogens (tertiary/aromatic N) is 1. The number of hydrogen-bond acceptors (Lipinski definition) is 6. The summed E-state index contributed by atoms with van der Waals surface area (Å²) in [5.41, 5.74) is 2.72. The molecule has 0 saturated carbocycles. The SMILES string of the molecule is O=C(CCc1cnoc1-c1ccc(Cl)c(F)c1)Nc1ccc(C[PH]2(O)OCCCO2)cc1. The van der Waals surface area contributed by atoms with Crippen molar-refractivity contribution in [2.24, 2.45) is 0 Å². The number of anilines is 1. The number of halogens is 2. The molecular weight excluding hydrogens is 458 g/mol. The summed E-state index contributed by atoms with van der Waals surface area (Å²) >= 11 is 5.73. The molecule has 2 N–H and O–H groups in total. The molecule has 0 aliphatic carbocycles. The fraction of sp³-hybridized carbons (Fsp3) is 0.273. The number of carbonyl (C=O) groups is 1. The summed E-state index contributed by atoms with van der Waals surface area (Å²) in [6.45, 7) is 1.02. The van der Waals surface area contributed by atoms with Crippen LogP contribution in [-0.2, 0) is 26.4 Å². The Hall–Kier alpha value is -2.35. The maximum absolute atomic E-state index is 13.8. The average molecular weight is 481 g/mol. The first-order valence-electron chi connectivity index (χ1n) is 10.2. The Morgan fingerprint density at radius 2 is 1.94 bits per heavy atom. The summed E-state index contributed by atoms with van der Waals surface area (Å²) in [7, 11) is -3.14. The molecule has 0 atom stereocenters. The fourth-order valence-electron chi connectivity index (χ4n) is 3.42. The molecule has 10 heteroatoms. The molecule has 1 aliphatic heterocycles. The van der Waals surface area contributed by atoms with Crippen LogP contribution in [0.15, 0.2) is 53.2 Å². The summed E-state index contributed by atoms with van der Waals surface area (Å²) < 4.78 is 29.9. The Kier molecular flexibility index (Phi) is 7.18. The summed E-state index contributed by atoms with van der Waals surface area (Å²) in [4.78, 5) is 22.8. The van der Waals surface area contributed by atoms with Gasteiger partial charge in [-0.15, -0.1) is 0 Å². The number of benzene rings is 2. The molecule has 1 amide bonds. The van der Waals surface area contributed by atoms with E-state index in [1.54, 1.807) is 18.2 Å². The molecule has 0 radical (unpaired) electrons. The van der Waals surface area contributed by atoms with Gasteiger partial charge in [-0.05, 0) is 18.2 Å². The summed E-state index contributed by atoms with van der Waals surface area (Å²) in [6, 6.07) is 11.6. The molecule has 1 aromatic heterocycles. The molecule has 3 aromatic rings. The monoisotopic (exact) mass is 480 g/mol. The molecule has 32 heavy (non-hydrogen) atoms. The van der Waals surface area contributed by atoms with Gasteiger partial charge in [0.1, 0.15) is 5.82 Å². The summed E-state index contributed by atoms with van der Waals surface area (Å²) in [6.07, 6.45) is 3.21. The quantitative estimate of drug-likeness (QED) is 0.455. The second-order valence-corrected chi connectivity index (χ2v) is 10.3. The van der Waals surface area contributed by atoms with Gasteiger partial charge in [0.05, 0.1) is 5.02 Å². The van der Waals surface area contributed by atoms with Crippen LogP contribution in [0.5, 0.6) is 0 Å². The fourth-order valence-corrected chi connectivity index (χ4v) is 5.50. The molecule has 2 heterocycles. The first-order chi connectivity index (χ1) is 15.4. The van der Waals surface area contributed by atoms with Gasteiger partial charge in [-0.1, -0.05) is 11.6 Å². The van der Waals surface area contributed by atoms with Crippen molar-refractivity contribution in [3.05, 3.63) is 70.6 Å². The van der Waals surface area contributed by atoms with Gasteiger partial charge in [-0.2, -0.15) is 0 Å². The number of nitrogens with one attached hydrogen (secondary N) is 1. The minimum atomic E-state index is -3.14. The number of aryl methyl sites for hydroxylation is 1. The first kappa shape index (κ1) is 22.8. The van der Waals surface area contributed by atoms with Crippen molar-refractivity contribution in [3.63, 3.8) is 0 Å². The predicted molar refractivity (Wildman–Crippen MR) is 121 cm³/mol. The van der Waals surface area contributed by atoms with Crippen LogP contribution in [0.3, 0.4) is 0 Å². The van der Waals surface area contributed by atoms with Crippen LogP contribution < -0.4 is 5.32 Å². The summed E-state index contributed by atoms with van der Waals surface area (Å²) in [5.74, 6) is -0.324. The summed E-state index contributed by atoms with van der Waals surface area (Å²) in [5, 5.41) is 6.64. The van der Waals surface area contributed by atoms with E-state index in [0.29, 0.717) is 48.4 Å². The standard InChI is InChI=1S/C22H23ClFN2O5P/c23-19-8-4-16(12-20(19)24)22-17(13-25-31-22)5-9-21(27)26-18-6-2-15(3-7-18)14-32(28)29-10-1-11-30-32/h2-4,6-8,12-13,28,32H,1,5,9-11,14H2,(H,26,27). The third-order valence-corrected chi connectivity index (χ3v) is 7.53. The van der Waals surface area contributed by atoms with E-state index in [9.17, 15) is 14.1 Å². The zero-order valence-corrected chi connectivity index (χ0v) is 18.9. The Morgan fingerprint density at radius 1 is 1.19 bits per heavy atom. The first-order valence-corrected chi connectivity index (χ1v) is 12.5. The van der Waals surface area contributed by atoms with E-state index in [2.05, 4.69) is 10.5 Å². The molecule has 7 nitrogen and oxygen atoms in total. The maximum atomic E-state index is 13.8. The molecule has 170 valence electrons. The molecule has 1 saturated heterocycles. The Morgan fingerprint density at radius 3 is 2.66 bits per heavy atom. The van der Waals surface area contributed by atoms with Crippen molar-refractivity contribution in [2.75, 3.05) is 18.5 Å². The van der Waals surface area contributed by atoms with Crippen LogP contribution in [0.1, 0.15) is 24.0 Å². The molecule has 0 unspecified atom stereocenters. The average Bonchev–Trinajstić information content (AvgIpc) is 3.25. The molecular formula is C22H23ClFN2O5P. The molecule has 2 aromatic carbocycles. The van der Waals surface area contributed by atoms with E-state index < -0.39 is 13.8 Å². The number of carbonyl (C=O) groups excluding carboxylic acids is 1. The van der Waals surface area contributed by atoms with Crippen LogP contribution in [0, 0.1) is 5.82 Å². The van der Waals surface area contributed by atoms with Gasteiger partial charge >= 0.3 is 145 Å². The molecule has 1 fully saturated rings. The van der Waals surface area contributed by atoms with E-state index in [4.69, 9.17) is 25.2 Å². The Labute approximate surface area is 190 Å². The number of amides is 1. The van der Waals surface area contributed by atoms with E-state index in [-0.39, 0.29) is 17.4 Å². The van der Waals surface area contributed by atoms with Gasteiger partial charge in [0.15, 0.2) is 0 Å². The van der Waals surface area contributed by atoms with E-state index in [1.165, 1.54) is 18.3 Å². The normalized spacial score (nSPS) is 16.5. The number of aromatic nitrogens is 1. The topological polar surface area (TPSA) is 93.8 Å². The Balaban J connectivity index is 1.32. The van der Waals surface area contributed by atoms with E-state index in [1.807, 2.05) is 12.1 Å². The van der Waals surface area contributed by atoms with Crippen LogP contribution in [0.4, 0.5) is 10.1 Å². The van der Waals surface area contributed by atoms with Crippen molar-refractivity contribution in [3.8, 4) is 11.3 Å². The Bertz CT molecular complexity index is 1090. The third-order valence-electron chi connectivity index (χ3n) is 5.06. The molecule has 0 spiro atoms. The molecule has 0 bridgehead atoms. The third kappa shape index (κ3) is 5.71. The van der Waals surface area contributed by atoms with Gasteiger partial charge in [0, 0.05) is 0 Å². The second-order valence-electron chi connectivity index (χ2n) is 7.49. The zero-order valence-electron chi connectivity index (χ0n) is 17.1. The van der Waals surface area contributed by atoms with Crippen molar-refractivity contribution in [1.29, 1.82) is 0 Å². The van der Waals surface area contributed by atoms with Crippen molar-refractivity contribution in [2.45, 2.75) is 25.4 Å². The second kappa shape index (κ2) is 10.1. The van der Waals surface area contributed by atoms with E-state index in [0.717, 1.165) is 12.0 Å². The van der Waals surface area contributed by atoms with Gasteiger partial charge in [0.2, 0.25) is 0 Å². The number of hydrogen-bond donors (Lipinski definition) is 2. The van der Waals surface area contributed by atoms with Crippen molar-refractivity contribution >= 4 is 31.1 Å². The van der Waals surface area contributed by atoms with Gasteiger partial charge in [-0.25, -0.2) is 4.39 Å². The van der Waals surface area contributed by atoms with Gasteiger partial charge in [0.25, 0.3) is 0 Å². The predicted octanol–water partition coefficient (Wildman–Crippen LogP) is 5.13. The molecule has 4 rings (SSSR count). The van der Waals surface area contributed by atoms with Crippen LogP contribution in [-0.4, -0.2) is 29.2 Å². The van der Waals surface area contributed by atoms with Crippen molar-refractivity contribution in [1.82, 2.24) is 5.16 Å². The van der Waals surface area contributed by atoms with Gasteiger partial charge < -0.3 is 0 Å². The van der Waals surface area contributed by atoms with E-state index >= 15 is 0 Å². The zero-order chi connectivity index (χ0) is 22.6. The number of rotatable bonds is 7. The van der Waals surface area contributed by atoms with Crippen LogP contribution in [0.2, 0.25) is 5.02 Å². The van der Waals surface area contributed by atoms with Crippen molar-refractivity contribution < 1.29 is 27.6 Å². The molecule has 1 aliphatic rings. The minimum absolute atomic E-state index is 0.0236. The van der Waals surface area contributed by atoms with Gasteiger partial charge in [-0.3, -0.25) is 0 Å².